The van der Waals surface area contributed by atoms with Crippen LogP contribution in [0.4, 0.5) is 0 Å². The van der Waals surface area contributed by atoms with Crippen LogP contribution in [0.15, 0.2) is 0 Å². The molecule has 1 aliphatic carbocycles. The summed E-state index contributed by atoms with van der Waals surface area (Å²) in [6, 6.07) is 0. The van der Waals surface area contributed by atoms with Crippen molar-refractivity contribution in [3.05, 3.63) is 0 Å². The van der Waals surface area contributed by atoms with E-state index in [2.05, 4.69) is 25.5 Å². The zero-order valence-electron chi connectivity index (χ0n) is 12.8. The second kappa shape index (κ2) is 7.06. The van der Waals surface area contributed by atoms with Crippen molar-refractivity contribution >= 4 is 12.3 Å². The first-order chi connectivity index (χ1) is 8.93. The van der Waals surface area contributed by atoms with Crippen molar-refractivity contribution in [3.63, 3.8) is 0 Å². The number of methoxy groups -OCH3 is 1. The summed E-state index contributed by atoms with van der Waals surface area (Å²) in [7, 11) is 1.44. The quantitative estimate of drug-likeness (QED) is 0.546. The van der Waals surface area contributed by atoms with Gasteiger partial charge in [0.25, 0.3) is 0 Å². The smallest absolute Gasteiger partial charge is 0.305 e. The lowest BCUT2D eigenvalue weighted by Gasteiger charge is -2.46. The molecular weight excluding hydrogens is 240 g/mol. The number of aldehydes is 1. The van der Waals surface area contributed by atoms with Crippen LogP contribution < -0.4 is 0 Å². The number of carbonyl (C=O) groups is 2. The molecule has 0 N–H and O–H groups in total. The van der Waals surface area contributed by atoms with Gasteiger partial charge in [-0.25, -0.2) is 0 Å². The number of carbonyl (C=O) groups excluding carboxylic acids is 2. The Balaban J connectivity index is 2.52. The third kappa shape index (κ3) is 4.05. The molecule has 3 heteroatoms. The van der Waals surface area contributed by atoms with Crippen LogP contribution in [-0.4, -0.2) is 19.4 Å². The van der Waals surface area contributed by atoms with Crippen molar-refractivity contribution < 1.29 is 14.3 Å². The van der Waals surface area contributed by atoms with Crippen LogP contribution >= 0.6 is 0 Å². The molecule has 1 saturated carbocycles. The molecule has 0 aromatic heterocycles. The highest BCUT2D eigenvalue weighted by atomic mass is 16.5. The molecule has 0 bridgehead atoms. The zero-order chi connectivity index (χ0) is 14.5. The lowest BCUT2D eigenvalue weighted by atomic mass is 9.58. The fraction of sp³-hybridized carbons (Fsp3) is 0.875. The van der Waals surface area contributed by atoms with Gasteiger partial charge in [-0.3, -0.25) is 4.79 Å². The third-order valence-electron chi connectivity index (χ3n) is 5.06. The molecule has 19 heavy (non-hydrogen) atoms. The van der Waals surface area contributed by atoms with Gasteiger partial charge in [0.15, 0.2) is 0 Å². The summed E-state index contributed by atoms with van der Waals surface area (Å²) in [6.45, 7) is 6.72. The molecule has 0 saturated heterocycles. The summed E-state index contributed by atoms with van der Waals surface area (Å²) in [5.41, 5.74) is 0.0880. The maximum absolute atomic E-state index is 11.2. The summed E-state index contributed by atoms with van der Waals surface area (Å²) in [5.74, 6) is 1.20. The summed E-state index contributed by atoms with van der Waals surface area (Å²) in [5, 5.41) is 0. The van der Waals surface area contributed by atoms with Crippen LogP contribution in [0.5, 0.6) is 0 Å². The maximum atomic E-state index is 11.2. The predicted molar refractivity (Wildman–Crippen MR) is 75.7 cm³/mol. The second-order valence-corrected chi connectivity index (χ2v) is 6.55. The lowest BCUT2D eigenvalue weighted by Crippen LogP contribution is -2.40. The standard InChI is InChI=1S/C16H28O3/c1-12(7-5-10-15(18)19-4)14-9-6-8-13(11-17)16(14,2)3/h11-14H,5-10H2,1-4H3/t12-,13-,14-/m1/s1. The van der Waals surface area contributed by atoms with Gasteiger partial charge < -0.3 is 9.53 Å². The third-order valence-corrected chi connectivity index (χ3v) is 5.06. The fourth-order valence-corrected chi connectivity index (χ4v) is 3.71. The van der Waals surface area contributed by atoms with Gasteiger partial charge in [0.05, 0.1) is 7.11 Å². The molecule has 1 fully saturated rings. The van der Waals surface area contributed by atoms with Crippen LogP contribution in [-0.2, 0) is 14.3 Å². The molecule has 3 nitrogen and oxygen atoms in total. The SMILES string of the molecule is COC(=O)CCC[C@@H](C)[C@H]1CCC[C@H](C=O)C1(C)C. The van der Waals surface area contributed by atoms with E-state index in [0.29, 0.717) is 18.3 Å². The Morgan fingerprint density at radius 2 is 2.11 bits per heavy atom. The maximum Gasteiger partial charge on any atom is 0.305 e. The van der Waals surface area contributed by atoms with E-state index >= 15 is 0 Å². The zero-order valence-corrected chi connectivity index (χ0v) is 12.8. The average Bonchev–Trinajstić information content (AvgIpc) is 2.37. The van der Waals surface area contributed by atoms with Crippen molar-refractivity contribution in [1.82, 2.24) is 0 Å². The van der Waals surface area contributed by atoms with E-state index in [0.717, 1.165) is 32.0 Å². The normalized spacial score (nSPS) is 27.6. The van der Waals surface area contributed by atoms with E-state index in [-0.39, 0.29) is 17.3 Å². The van der Waals surface area contributed by atoms with E-state index in [4.69, 9.17) is 0 Å². The van der Waals surface area contributed by atoms with Crippen LogP contribution in [0.1, 0.15) is 59.3 Å². The molecule has 0 aromatic rings. The molecule has 0 unspecified atom stereocenters. The van der Waals surface area contributed by atoms with Crippen LogP contribution in [0.2, 0.25) is 0 Å². The van der Waals surface area contributed by atoms with Crippen molar-refractivity contribution in [3.8, 4) is 0 Å². The number of hydrogen-bond acceptors (Lipinski definition) is 3. The van der Waals surface area contributed by atoms with E-state index in [9.17, 15) is 9.59 Å². The molecule has 1 rings (SSSR count). The molecule has 0 aliphatic heterocycles. The number of rotatable bonds is 6. The highest BCUT2D eigenvalue weighted by molar-refractivity contribution is 5.68. The Morgan fingerprint density at radius 3 is 2.68 bits per heavy atom. The summed E-state index contributed by atoms with van der Waals surface area (Å²) >= 11 is 0. The Morgan fingerprint density at radius 1 is 1.42 bits per heavy atom. The molecule has 0 radical (unpaired) electrons. The van der Waals surface area contributed by atoms with Crippen molar-refractivity contribution in [2.45, 2.75) is 59.3 Å². The predicted octanol–water partition coefficient (Wildman–Crippen LogP) is 3.61. The topological polar surface area (TPSA) is 43.4 Å². The monoisotopic (exact) mass is 268 g/mol. The molecular formula is C16H28O3. The molecule has 0 heterocycles. The molecule has 3 atom stereocenters. The minimum atomic E-state index is -0.124. The lowest BCUT2D eigenvalue weighted by molar-refractivity contribution is -0.140. The van der Waals surface area contributed by atoms with Crippen molar-refractivity contribution in [2.75, 3.05) is 7.11 Å². The van der Waals surface area contributed by atoms with Crippen molar-refractivity contribution in [2.24, 2.45) is 23.2 Å². The van der Waals surface area contributed by atoms with E-state index < -0.39 is 0 Å². The van der Waals surface area contributed by atoms with Gasteiger partial charge in [-0.05, 0) is 42.9 Å². The Kier molecular flexibility index (Phi) is 6.02. The Labute approximate surface area is 117 Å². The Bertz CT molecular complexity index is 309. The number of ether oxygens (including phenoxy) is 1. The van der Waals surface area contributed by atoms with Gasteiger partial charge in [-0.15, -0.1) is 0 Å². The first-order valence-corrected chi connectivity index (χ1v) is 7.45. The molecule has 0 aromatic carbocycles. The van der Waals surface area contributed by atoms with E-state index in [1.54, 1.807) is 0 Å². The van der Waals surface area contributed by atoms with Crippen LogP contribution in [0, 0.1) is 23.2 Å². The Hall–Kier alpha value is -0.860. The highest BCUT2D eigenvalue weighted by Crippen LogP contribution is 2.48. The highest BCUT2D eigenvalue weighted by Gasteiger charge is 2.42. The first-order valence-electron chi connectivity index (χ1n) is 7.45. The summed E-state index contributed by atoms with van der Waals surface area (Å²) in [6.07, 6.45) is 6.96. The fourth-order valence-electron chi connectivity index (χ4n) is 3.71. The molecule has 110 valence electrons. The van der Waals surface area contributed by atoms with Crippen LogP contribution in [0.25, 0.3) is 0 Å². The van der Waals surface area contributed by atoms with Gasteiger partial charge in [0.2, 0.25) is 0 Å². The van der Waals surface area contributed by atoms with Crippen molar-refractivity contribution in [1.29, 1.82) is 0 Å². The van der Waals surface area contributed by atoms with Crippen LogP contribution in [0.3, 0.4) is 0 Å². The van der Waals surface area contributed by atoms with E-state index in [1.807, 2.05) is 0 Å². The van der Waals surface area contributed by atoms with Gasteiger partial charge in [0, 0.05) is 12.3 Å². The van der Waals surface area contributed by atoms with Gasteiger partial charge >= 0.3 is 5.97 Å². The number of hydrogen-bond donors (Lipinski definition) is 0. The second-order valence-electron chi connectivity index (χ2n) is 6.55. The molecule has 0 amide bonds. The average molecular weight is 268 g/mol. The first kappa shape index (κ1) is 16.2. The summed E-state index contributed by atoms with van der Waals surface area (Å²) < 4.78 is 4.67. The van der Waals surface area contributed by atoms with Gasteiger partial charge in [0.1, 0.15) is 6.29 Å². The summed E-state index contributed by atoms with van der Waals surface area (Å²) in [4.78, 5) is 22.4. The largest absolute Gasteiger partial charge is 0.469 e. The molecule has 1 aliphatic rings. The van der Waals surface area contributed by atoms with Gasteiger partial charge in [-0.1, -0.05) is 27.2 Å². The van der Waals surface area contributed by atoms with Gasteiger partial charge in [-0.2, -0.15) is 0 Å². The van der Waals surface area contributed by atoms with E-state index in [1.165, 1.54) is 13.5 Å². The number of esters is 1. The minimum Gasteiger partial charge on any atom is -0.469 e. The minimum absolute atomic E-state index is 0.0880. The molecule has 0 spiro atoms.